The molecule has 9 heteroatoms. The maximum atomic E-state index is 13.2. The van der Waals surface area contributed by atoms with Crippen molar-refractivity contribution in [1.82, 2.24) is 20.2 Å². The number of Topliss-reactive ketones (excluding diaryl/α,β-unsaturated/α-hetero) is 1. The van der Waals surface area contributed by atoms with Crippen molar-refractivity contribution in [2.75, 3.05) is 0 Å². The van der Waals surface area contributed by atoms with Crippen LogP contribution in [-0.4, -0.2) is 38.1 Å². The van der Waals surface area contributed by atoms with Crippen LogP contribution in [0.3, 0.4) is 0 Å². The Bertz CT molecular complexity index is 943. The van der Waals surface area contributed by atoms with Crippen LogP contribution in [-0.2, 0) is 4.74 Å². The van der Waals surface area contributed by atoms with Crippen LogP contribution in [0.15, 0.2) is 48.8 Å². The van der Waals surface area contributed by atoms with Gasteiger partial charge in [0, 0.05) is 5.56 Å². The van der Waals surface area contributed by atoms with Gasteiger partial charge < -0.3 is 4.74 Å². The van der Waals surface area contributed by atoms with E-state index in [1.54, 1.807) is 12.1 Å². The van der Waals surface area contributed by atoms with E-state index in [-0.39, 0.29) is 11.1 Å². The van der Waals surface area contributed by atoms with Gasteiger partial charge in [0.25, 0.3) is 0 Å². The SMILES string of the molecule is C[C@@H](OC(=O)c1ccc(-n2cnnn2)cc1)C(=O)c1ccc(F)c(F)c1. The topological polar surface area (TPSA) is 87.0 Å². The fourth-order valence-corrected chi connectivity index (χ4v) is 2.20. The van der Waals surface area contributed by atoms with Crippen molar-refractivity contribution in [3.63, 3.8) is 0 Å². The van der Waals surface area contributed by atoms with Gasteiger partial charge in [0.05, 0.1) is 11.3 Å². The molecule has 0 aliphatic carbocycles. The molecule has 1 heterocycles. The van der Waals surface area contributed by atoms with Gasteiger partial charge in [-0.2, -0.15) is 0 Å². The molecule has 0 bridgehead atoms. The van der Waals surface area contributed by atoms with Crippen molar-refractivity contribution in [2.24, 2.45) is 0 Å². The Morgan fingerprint density at radius 1 is 1.04 bits per heavy atom. The van der Waals surface area contributed by atoms with Crippen molar-refractivity contribution in [3.05, 3.63) is 71.6 Å². The predicted molar refractivity (Wildman–Crippen MR) is 84.7 cm³/mol. The molecule has 7 nitrogen and oxygen atoms in total. The summed E-state index contributed by atoms with van der Waals surface area (Å²) in [6.45, 7) is 1.36. The lowest BCUT2D eigenvalue weighted by molar-refractivity contribution is 0.0318. The van der Waals surface area contributed by atoms with Gasteiger partial charge in [0.15, 0.2) is 17.7 Å². The van der Waals surface area contributed by atoms with Crippen molar-refractivity contribution in [3.8, 4) is 5.69 Å². The van der Waals surface area contributed by atoms with Gasteiger partial charge in [-0.15, -0.1) is 5.10 Å². The van der Waals surface area contributed by atoms with Crippen LogP contribution in [0.2, 0.25) is 0 Å². The average Bonchev–Trinajstić information content (AvgIpc) is 3.18. The molecule has 1 atom stereocenters. The summed E-state index contributed by atoms with van der Waals surface area (Å²) >= 11 is 0. The van der Waals surface area contributed by atoms with Gasteiger partial charge in [-0.3, -0.25) is 4.79 Å². The number of ether oxygens (including phenoxy) is 1. The average molecular weight is 358 g/mol. The van der Waals surface area contributed by atoms with Crippen LogP contribution in [0.1, 0.15) is 27.6 Å². The molecule has 26 heavy (non-hydrogen) atoms. The van der Waals surface area contributed by atoms with E-state index in [2.05, 4.69) is 15.5 Å². The summed E-state index contributed by atoms with van der Waals surface area (Å²) in [6, 6.07) is 8.94. The minimum atomic E-state index is -1.16. The van der Waals surface area contributed by atoms with Crippen LogP contribution in [0.25, 0.3) is 5.69 Å². The summed E-state index contributed by atoms with van der Waals surface area (Å²) in [7, 11) is 0. The highest BCUT2D eigenvalue weighted by Crippen LogP contribution is 2.14. The van der Waals surface area contributed by atoms with Gasteiger partial charge >= 0.3 is 5.97 Å². The lowest BCUT2D eigenvalue weighted by Gasteiger charge is -2.12. The Hall–Kier alpha value is -3.49. The molecule has 0 aliphatic rings. The Balaban J connectivity index is 1.68. The second kappa shape index (κ2) is 7.18. The summed E-state index contributed by atoms with van der Waals surface area (Å²) in [4.78, 5) is 24.3. The highest BCUT2D eigenvalue weighted by atomic mass is 19.2. The van der Waals surface area contributed by atoms with E-state index >= 15 is 0 Å². The third kappa shape index (κ3) is 3.61. The molecule has 0 aliphatic heterocycles. The Labute approximate surface area is 146 Å². The first kappa shape index (κ1) is 17.3. The third-order valence-corrected chi connectivity index (χ3v) is 3.57. The summed E-state index contributed by atoms with van der Waals surface area (Å²) in [5, 5.41) is 10.7. The molecule has 0 unspecified atom stereocenters. The lowest BCUT2D eigenvalue weighted by Crippen LogP contribution is -2.24. The van der Waals surface area contributed by atoms with E-state index < -0.39 is 29.5 Å². The zero-order valence-corrected chi connectivity index (χ0v) is 13.5. The first-order chi connectivity index (χ1) is 12.5. The third-order valence-electron chi connectivity index (χ3n) is 3.57. The number of tetrazole rings is 1. The number of rotatable bonds is 5. The summed E-state index contributed by atoms with van der Waals surface area (Å²) in [5.74, 6) is -3.57. The molecule has 3 rings (SSSR count). The van der Waals surface area contributed by atoms with Crippen molar-refractivity contribution in [2.45, 2.75) is 13.0 Å². The molecule has 0 saturated heterocycles. The maximum Gasteiger partial charge on any atom is 0.338 e. The molecular weight excluding hydrogens is 346 g/mol. The highest BCUT2D eigenvalue weighted by Gasteiger charge is 2.21. The van der Waals surface area contributed by atoms with Crippen molar-refractivity contribution < 1.29 is 23.1 Å². The van der Waals surface area contributed by atoms with Gasteiger partial charge in [0.2, 0.25) is 5.78 Å². The van der Waals surface area contributed by atoms with E-state index in [4.69, 9.17) is 4.74 Å². The molecule has 0 N–H and O–H groups in total. The largest absolute Gasteiger partial charge is 0.451 e. The Morgan fingerprint density at radius 2 is 1.73 bits per heavy atom. The van der Waals surface area contributed by atoms with E-state index in [9.17, 15) is 18.4 Å². The summed E-state index contributed by atoms with van der Waals surface area (Å²) in [5.41, 5.74) is 0.766. The number of ketones is 1. The molecule has 1 aromatic heterocycles. The minimum Gasteiger partial charge on any atom is -0.451 e. The molecule has 3 aromatic rings. The standard InChI is InChI=1S/C17H12F2N4O3/c1-10(16(24)12-4-7-14(18)15(19)8-12)26-17(25)11-2-5-13(6-3-11)23-9-20-21-22-23/h2-10H,1H3/t10-/m1/s1. The monoisotopic (exact) mass is 358 g/mol. The molecule has 0 fully saturated rings. The van der Waals surface area contributed by atoms with Crippen molar-refractivity contribution in [1.29, 1.82) is 0 Å². The van der Waals surface area contributed by atoms with Gasteiger partial charge in [-0.25, -0.2) is 18.3 Å². The van der Waals surface area contributed by atoms with E-state index in [0.29, 0.717) is 5.69 Å². The van der Waals surface area contributed by atoms with Crippen LogP contribution >= 0.6 is 0 Å². The quantitative estimate of drug-likeness (QED) is 0.514. The second-order valence-electron chi connectivity index (χ2n) is 5.34. The predicted octanol–water partition coefficient (Wildman–Crippen LogP) is 2.37. The van der Waals surface area contributed by atoms with Crippen LogP contribution in [0.5, 0.6) is 0 Å². The number of carbonyl (C=O) groups excluding carboxylic acids is 2. The molecule has 0 spiro atoms. The molecular formula is C17H12F2N4O3. The van der Waals surface area contributed by atoms with E-state index in [1.165, 1.54) is 30.1 Å². The van der Waals surface area contributed by atoms with E-state index in [0.717, 1.165) is 18.2 Å². The smallest absolute Gasteiger partial charge is 0.338 e. The first-order valence-corrected chi connectivity index (χ1v) is 7.49. The highest BCUT2D eigenvalue weighted by molar-refractivity contribution is 6.01. The van der Waals surface area contributed by atoms with E-state index in [1.807, 2.05) is 0 Å². The Kier molecular flexibility index (Phi) is 4.78. The molecule has 0 saturated carbocycles. The number of hydrogen-bond acceptors (Lipinski definition) is 6. The number of aromatic nitrogens is 4. The van der Waals surface area contributed by atoms with Gasteiger partial charge in [-0.05, 0) is 59.8 Å². The minimum absolute atomic E-state index is 0.0850. The number of halogens is 2. The van der Waals surface area contributed by atoms with Crippen LogP contribution in [0, 0.1) is 11.6 Å². The molecule has 132 valence electrons. The zero-order valence-electron chi connectivity index (χ0n) is 13.5. The summed E-state index contributed by atoms with van der Waals surface area (Å²) in [6.07, 6.45) is 0.238. The fraction of sp³-hybridized carbons (Fsp3) is 0.118. The maximum absolute atomic E-state index is 13.2. The molecule has 2 aromatic carbocycles. The molecule has 0 amide bonds. The number of benzene rings is 2. The lowest BCUT2D eigenvalue weighted by atomic mass is 10.1. The number of carbonyl (C=O) groups is 2. The summed E-state index contributed by atoms with van der Waals surface area (Å²) < 4.78 is 32.7. The van der Waals surface area contributed by atoms with Crippen LogP contribution in [0.4, 0.5) is 8.78 Å². The normalized spacial score (nSPS) is 11.8. The number of hydrogen-bond donors (Lipinski definition) is 0. The number of nitrogens with zero attached hydrogens (tertiary/aromatic N) is 4. The van der Waals surface area contributed by atoms with Gasteiger partial charge in [-0.1, -0.05) is 0 Å². The molecule has 0 radical (unpaired) electrons. The Morgan fingerprint density at radius 3 is 2.35 bits per heavy atom. The fourth-order valence-electron chi connectivity index (χ4n) is 2.20. The second-order valence-corrected chi connectivity index (χ2v) is 5.34. The first-order valence-electron chi connectivity index (χ1n) is 7.49. The van der Waals surface area contributed by atoms with Crippen LogP contribution < -0.4 is 0 Å². The number of esters is 1. The van der Waals surface area contributed by atoms with Gasteiger partial charge in [0.1, 0.15) is 6.33 Å². The van der Waals surface area contributed by atoms with Crippen molar-refractivity contribution >= 4 is 11.8 Å². The zero-order chi connectivity index (χ0) is 18.7.